The molecule has 0 saturated carbocycles. The van der Waals surface area contributed by atoms with E-state index >= 15 is 0 Å². The zero-order valence-electron chi connectivity index (χ0n) is 28.7. The van der Waals surface area contributed by atoms with Crippen molar-refractivity contribution in [3.05, 3.63) is 83.9 Å². The van der Waals surface area contributed by atoms with Crippen LogP contribution in [0.2, 0.25) is 0 Å². The van der Waals surface area contributed by atoms with Crippen LogP contribution in [0.25, 0.3) is 11.0 Å². The minimum atomic E-state index is -0.486. The van der Waals surface area contributed by atoms with Gasteiger partial charge in [0.25, 0.3) is 23.6 Å². The van der Waals surface area contributed by atoms with Gasteiger partial charge in [0.15, 0.2) is 11.7 Å². The van der Waals surface area contributed by atoms with E-state index in [1.807, 2.05) is 12.1 Å². The van der Waals surface area contributed by atoms with Gasteiger partial charge in [-0.1, -0.05) is 0 Å². The van der Waals surface area contributed by atoms with Crippen molar-refractivity contribution in [3.8, 4) is 0 Å². The van der Waals surface area contributed by atoms with Gasteiger partial charge in [0.2, 0.25) is 0 Å². The molecule has 18 heteroatoms. The summed E-state index contributed by atoms with van der Waals surface area (Å²) in [5, 5.41) is 21.6. The van der Waals surface area contributed by atoms with Crippen molar-refractivity contribution in [3.63, 3.8) is 0 Å². The molecule has 5 rings (SSSR count). The molecule has 5 aromatic rings. The normalized spacial score (nSPS) is 10.9. The van der Waals surface area contributed by atoms with Crippen LogP contribution in [0.4, 0.5) is 22.7 Å². The third-order valence-corrected chi connectivity index (χ3v) is 8.35. The van der Waals surface area contributed by atoms with Crippen molar-refractivity contribution in [1.82, 2.24) is 24.3 Å². The number of guanidine groups is 1. The lowest BCUT2D eigenvalue weighted by Crippen LogP contribution is -2.38. The van der Waals surface area contributed by atoms with Gasteiger partial charge in [-0.3, -0.25) is 24.6 Å². The molecule has 0 aliphatic rings. The molecule has 4 amide bonds. The predicted molar refractivity (Wildman–Crippen MR) is 202 cm³/mol. The van der Waals surface area contributed by atoms with Crippen molar-refractivity contribution >= 4 is 86.5 Å². The number of halogens is 2. The van der Waals surface area contributed by atoms with Crippen LogP contribution >= 0.6 is 23.2 Å². The van der Waals surface area contributed by atoms with E-state index in [2.05, 4.69) is 31.5 Å². The zero-order valence-corrected chi connectivity index (χ0v) is 30.2. The van der Waals surface area contributed by atoms with Crippen LogP contribution in [-0.4, -0.2) is 81.2 Å². The largest absolute Gasteiger partial charge is 0.451 e. The first-order valence-corrected chi connectivity index (χ1v) is 17.1. The van der Waals surface area contributed by atoms with Gasteiger partial charge in [-0.15, -0.1) is 23.2 Å². The molecule has 0 radical (unpaired) electrons. The van der Waals surface area contributed by atoms with Gasteiger partial charge in [0, 0.05) is 88.7 Å². The molecule has 0 bridgehead atoms. The van der Waals surface area contributed by atoms with E-state index in [0.717, 1.165) is 11.1 Å². The number of amides is 4. The number of hydrogen-bond acceptors (Lipinski definition) is 7. The topological polar surface area (TPSA) is 209 Å². The van der Waals surface area contributed by atoms with Crippen molar-refractivity contribution in [2.45, 2.75) is 0 Å². The van der Waals surface area contributed by atoms with Gasteiger partial charge in [0.1, 0.15) is 22.7 Å². The van der Waals surface area contributed by atoms with E-state index < -0.39 is 17.7 Å². The van der Waals surface area contributed by atoms with E-state index in [4.69, 9.17) is 38.8 Å². The standard InChI is InChI=1S/C34H39Cl2N11O5/c1-44-17-21(14-25(44)30(48)39-8-9-40-34(37)38)41-31(49)26-15-22(18-45(26)2)42-32(50)27-16-23(19-46(27)3)43-33(51)29-13-20-12-24(4-5-28(20)52-29)47(10-6-35)11-7-36/h4-5,12-19H,6-11H2,1-3H3,(H,39,48)(H,41,49)(H,42,50)(H,43,51)(H4,37,38,40). The number of furan rings is 1. The van der Waals surface area contributed by atoms with Crippen LogP contribution in [-0.2, 0) is 21.1 Å². The Morgan fingerprint density at radius 1 is 0.712 bits per heavy atom. The number of aromatic nitrogens is 3. The summed E-state index contributed by atoms with van der Waals surface area (Å²) < 4.78 is 10.5. The third kappa shape index (κ3) is 8.88. The van der Waals surface area contributed by atoms with E-state index in [9.17, 15) is 19.2 Å². The predicted octanol–water partition coefficient (Wildman–Crippen LogP) is 3.70. The van der Waals surface area contributed by atoms with Crippen LogP contribution in [0.5, 0.6) is 0 Å². The number of hydrogen-bond donors (Lipinski definition) is 7. The molecule has 0 spiro atoms. The zero-order chi connectivity index (χ0) is 37.5. The Bertz CT molecular complexity index is 2120. The first kappa shape index (κ1) is 37.4. The maximum Gasteiger partial charge on any atom is 0.291 e. The van der Waals surface area contributed by atoms with Gasteiger partial charge < -0.3 is 55.3 Å². The number of rotatable bonds is 15. The number of fused-ring (bicyclic) bond motifs is 1. The number of nitrogens with one attached hydrogen (secondary N) is 6. The van der Waals surface area contributed by atoms with Gasteiger partial charge in [-0.2, -0.15) is 0 Å². The second-order valence-corrected chi connectivity index (χ2v) is 12.6. The maximum atomic E-state index is 13.3. The molecule has 0 aliphatic carbocycles. The summed E-state index contributed by atoms with van der Waals surface area (Å²) in [6.07, 6.45) is 4.80. The van der Waals surface area contributed by atoms with Gasteiger partial charge in [-0.25, -0.2) is 0 Å². The summed E-state index contributed by atoms with van der Waals surface area (Å²) in [4.78, 5) is 54.1. The number of alkyl halides is 2. The molecular formula is C34H39Cl2N11O5. The molecule has 4 aromatic heterocycles. The molecule has 0 atom stereocenters. The second kappa shape index (κ2) is 16.4. The molecule has 16 nitrogen and oxygen atoms in total. The fourth-order valence-corrected chi connectivity index (χ4v) is 5.94. The lowest BCUT2D eigenvalue weighted by atomic mass is 10.2. The number of carbonyl (C=O) groups excluding carboxylic acids is 4. The fourth-order valence-electron chi connectivity index (χ4n) is 5.54. The van der Waals surface area contributed by atoms with Crippen LogP contribution in [0, 0.1) is 5.41 Å². The van der Waals surface area contributed by atoms with E-state index in [0.29, 0.717) is 59.7 Å². The molecular weight excluding hydrogens is 713 g/mol. The lowest BCUT2D eigenvalue weighted by molar-refractivity contribution is 0.0943. The summed E-state index contributed by atoms with van der Waals surface area (Å²) >= 11 is 11.9. The molecule has 8 N–H and O–H groups in total. The summed E-state index contributed by atoms with van der Waals surface area (Å²) in [5.41, 5.74) is 8.67. The van der Waals surface area contributed by atoms with E-state index in [1.54, 1.807) is 65.6 Å². The molecule has 1 aromatic carbocycles. The van der Waals surface area contributed by atoms with Crippen molar-refractivity contribution < 1.29 is 23.6 Å². The Labute approximate surface area is 308 Å². The Kier molecular flexibility index (Phi) is 11.8. The van der Waals surface area contributed by atoms with Crippen LogP contribution in [0.15, 0.2) is 65.5 Å². The molecule has 52 heavy (non-hydrogen) atoms. The second-order valence-electron chi connectivity index (χ2n) is 11.8. The minimum absolute atomic E-state index is 0.104. The Morgan fingerprint density at radius 3 is 1.69 bits per heavy atom. The highest BCUT2D eigenvalue weighted by Crippen LogP contribution is 2.27. The Morgan fingerprint density at radius 2 is 1.19 bits per heavy atom. The molecule has 0 saturated heterocycles. The maximum absolute atomic E-state index is 13.3. The fraction of sp³-hybridized carbons (Fsp3) is 0.265. The average Bonchev–Trinajstić information content (AvgIpc) is 3.87. The number of nitrogens with two attached hydrogens (primary N) is 1. The van der Waals surface area contributed by atoms with Crippen molar-refractivity contribution in [2.24, 2.45) is 26.9 Å². The quantitative estimate of drug-likeness (QED) is 0.0362. The smallest absolute Gasteiger partial charge is 0.291 e. The summed E-state index contributed by atoms with van der Waals surface area (Å²) in [6, 6.07) is 11.8. The molecule has 4 heterocycles. The van der Waals surface area contributed by atoms with Crippen molar-refractivity contribution in [1.29, 1.82) is 5.41 Å². The highest BCUT2D eigenvalue weighted by molar-refractivity contribution is 6.18. The van der Waals surface area contributed by atoms with E-state index in [1.165, 1.54) is 18.2 Å². The minimum Gasteiger partial charge on any atom is -0.451 e. The Balaban J connectivity index is 1.20. The number of anilines is 4. The number of carbonyl (C=O) groups is 4. The van der Waals surface area contributed by atoms with Crippen LogP contribution < -0.4 is 37.2 Å². The Hall–Kier alpha value is -5.87. The first-order valence-electron chi connectivity index (χ1n) is 16.1. The van der Waals surface area contributed by atoms with Gasteiger partial charge in [0.05, 0.1) is 17.1 Å². The number of aryl methyl sites for hydroxylation is 3. The van der Waals surface area contributed by atoms with Crippen LogP contribution in [0.1, 0.15) is 42.0 Å². The molecule has 0 unspecified atom stereocenters. The summed E-state index contributed by atoms with van der Waals surface area (Å²) in [7, 11) is 5.00. The number of benzene rings is 1. The number of nitrogens with zero attached hydrogens (tertiary/aromatic N) is 4. The van der Waals surface area contributed by atoms with E-state index in [-0.39, 0.29) is 35.6 Å². The monoisotopic (exact) mass is 751 g/mol. The highest BCUT2D eigenvalue weighted by atomic mass is 35.5. The molecule has 274 valence electrons. The lowest BCUT2D eigenvalue weighted by Gasteiger charge is -2.22. The summed E-state index contributed by atoms with van der Waals surface area (Å²) in [6.45, 7) is 1.78. The molecule has 0 aliphatic heterocycles. The highest BCUT2D eigenvalue weighted by Gasteiger charge is 2.20. The summed E-state index contributed by atoms with van der Waals surface area (Å²) in [5.74, 6) is -0.975. The van der Waals surface area contributed by atoms with Crippen molar-refractivity contribution in [2.75, 3.05) is 58.8 Å². The first-order chi connectivity index (χ1) is 24.9. The SMILES string of the molecule is Cn1cc(NC(=O)c2cc(NC(=O)c3cc(NC(=O)c4cc5cc(N(CCCl)CCCl)ccc5o4)cn3C)cn2C)cc1C(=O)NCCNC(=N)N. The molecule has 0 fully saturated rings. The van der Waals surface area contributed by atoms with Gasteiger partial charge in [-0.05, 0) is 42.5 Å². The van der Waals surface area contributed by atoms with Crippen LogP contribution in [0.3, 0.4) is 0 Å². The average molecular weight is 753 g/mol. The third-order valence-electron chi connectivity index (χ3n) is 8.01. The van der Waals surface area contributed by atoms with Gasteiger partial charge >= 0.3 is 0 Å².